The van der Waals surface area contributed by atoms with Gasteiger partial charge in [0.25, 0.3) is 6.43 Å². The van der Waals surface area contributed by atoms with Crippen LogP contribution < -0.4 is 10.6 Å². The highest BCUT2D eigenvalue weighted by Gasteiger charge is 2.27. The van der Waals surface area contributed by atoms with Gasteiger partial charge in [-0.25, -0.2) is 8.78 Å². The first-order valence-corrected chi connectivity index (χ1v) is 6.58. The summed E-state index contributed by atoms with van der Waals surface area (Å²) in [6.45, 7) is 1.34. The average Bonchev–Trinajstić information content (AvgIpc) is 2.97. The van der Waals surface area contributed by atoms with Gasteiger partial charge >= 0.3 is 0 Å². The summed E-state index contributed by atoms with van der Waals surface area (Å²) in [7, 11) is 0. The second kappa shape index (κ2) is 5.55. The number of alkyl halides is 2. The summed E-state index contributed by atoms with van der Waals surface area (Å²) in [4.78, 5) is 17.2. The number of rotatable bonds is 3. The van der Waals surface area contributed by atoms with E-state index in [0.29, 0.717) is 13.1 Å². The van der Waals surface area contributed by atoms with Gasteiger partial charge < -0.3 is 10.6 Å². The highest BCUT2D eigenvalue weighted by atomic mass is 19.3. The molecule has 8 heteroatoms. The molecule has 1 saturated heterocycles. The van der Waals surface area contributed by atoms with E-state index >= 15 is 0 Å². The fourth-order valence-corrected chi connectivity index (χ4v) is 2.47. The molecule has 2 aromatic rings. The van der Waals surface area contributed by atoms with Crippen molar-refractivity contribution in [2.45, 2.75) is 18.8 Å². The van der Waals surface area contributed by atoms with Gasteiger partial charge in [-0.1, -0.05) is 6.07 Å². The molecule has 3 heterocycles. The van der Waals surface area contributed by atoms with Gasteiger partial charge in [-0.15, -0.1) is 0 Å². The van der Waals surface area contributed by atoms with Gasteiger partial charge in [0.05, 0.1) is 0 Å². The third-order valence-corrected chi connectivity index (χ3v) is 3.48. The van der Waals surface area contributed by atoms with E-state index in [4.69, 9.17) is 5.73 Å². The van der Waals surface area contributed by atoms with Gasteiger partial charge in [0, 0.05) is 31.4 Å². The minimum atomic E-state index is -2.76. The van der Waals surface area contributed by atoms with E-state index in [0.717, 1.165) is 12.0 Å². The molecule has 6 nitrogen and oxygen atoms in total. The predicted octanol–water partition coefficient (Wildman–Crippen LogP) is 1.78. The van der Waals surface area contributed by atoms with Crippen molar-refractivity contribution in [2.75, 3.05) is 23.7 Å². The number of hydrogen-bond acceptors (Lipinski definition) is 6. The summed E-state index contributed by atoms with van der Waals surface area (Å²) >= 11 is 0. The maximum absolute atomic E-state index is 12.7. The maximum atomic E-state index is 12.7. The predicted molar refractivity (Wildman–Crippen MR) is 73.0 cm³/mol. The minimum Gasteiger partial charge on any atom is -0.368 e. The van der Waals surface area contributed by atoms with Crippen molar-refractivity contribution in [3.05, 3.63) is 35.9 Å². The molecule has 2 aromatic heterocycles. The molecule has 0 aromatic carbocycles. The van der Waals surface area contributed by atoms with Crippen molar-refractivity contribution >= 4 is 11.9 Å². The smallest absolute Gasteiger partial charge is 0.297 e. The van der Waals surface area contributed by atoms with Crippen LogP contribution in [-0.2, 0) is 0 Å². The van der Waals surface area contributed by atoms with Crippen LogP contribution in [0.5, 0.6) is 0 Å². The van der Waals surface area contributed by atoms with Gasteiger partial charge in [0.15, 0.2) is 0 Å². The second-order valence-corrected chi connectivity index (χ2v) is 4.87. The second-order valence-electron chi connectivity index (χ2n) is 4.87. The molecule has 21 heavy (non-hydrogen) atoms. The lowest BCUT2D eigenvalue weighted by Gasteiger charge is -2.17. The number of pyridine rings is 1. The lowest BCUT2D eigenvalue weighted by molar-refractivity contribution is 0.140. The third-order valence-electron chi connectivity index (χ3n) is 3.48. The molecular weight excluding hydrogens is 278 g/mol. The number of halogens is 2. The van der Waals surface area contributed by atoms with Gasteiger partial charge in [-0.3, -0.25) is 4.98 Å². The van der Waals surface area contributed by atoms with Crippen molar-refractivity contribution in [3.63, 3.8) is 0 Å². The van der Waals surface area contributed by atoms with E-state index in [9.17, 15) is 8.78 Å². The number of aromatic nitrogens is 4. The summed E-state index contributed by atoms with van der Waals surface area (Å²) in [5, 5.41) is 0. The van der Waals surface area contributed by atoms with Gasteiger partial charge in [-0.05, 0) is 18.1 Å². The van der Waals surface area contributed by atoms with Crippen molar-refractivity contribution in [2.24, 2.45) is 0 Å². The Morgan fingerprint density at radius 2 is 2.14 bits per heavy atom. The quantitative estimate of drug-likeness (QED) is 0.928. The molecule has 1 unspecified atom stereocenters. The molecule has 2 N–H and O–H groups in total. The molecule has 1 aliphatic rings. The monoisotopic (exact) mass is 292 g/mol. The standard InChI is InChI=1S/C13H14F2N6/c14-10(15)11-18-12(16)20-13(19-11)21-5-3-9(7-21)8-2-1-4-17-6-8/h1-2,4,6,9-10H,3,5,7H2,(H2,16,18,19,20). The van der Waals surface area contributed by atoms with E-state index in [1.54, 1.807) is 6.20 Å². The third kappa shape index (κ3) is 2.88. The normalized spacial score (nSPS) is 18.4. The van der Waals surface area contributed by atoms with Crippen molar-refractivity contribution in [1.82, 2.24) is 19.9 Å². The van der Waals surface area contributed by atoms with E-state index in [2.05, 4.69) is 19.9 Å². The molecule has 110 valence electrons. The van der Waals surface area contributed by atoms with Crippen LogP contribution in [0.4, 0.5) is 20.7 Å². The SMILES string of the molecule is Nc1nc(C(F)F)nc(N2CCC(c3cccnc3)C2)n1. The van der Waals surface area contributed by atoms with Crippen LogP contribution in [-0.4, -0.2) is 33.0 Å². The van der Waals surface area contributed by atoms with E-state index in [-0.39, 0.29) is 17.8 Å². The Morgan fingerprint density at radius 1 is 1.29 bits per heavy atom. The van der Waals surface area contributed by atoms with E-state index < -0.39 is 12.2 Å². The van der Waals surface area contributed by atoms with Crippen LogP contribution in [0.15, 0.2) is 24.5 Å². The van der Waals surface area contributed by atoms with Crippen LogP contribution >= 0.6 is 0 Å². The van der Waals surface area contributed by atoms with Gasteiger partial charge in [0.2, 0.25) is 17.7 Å². The number of hydrogen-bond donors (Lipinski definition) is 1. The molecular formula is C13H14F2N6. The number of nitrogens with zero attached hydrogens (tertiary/aromatic N) is 5. The Hall–Kier alpha value is -2.38. The van der Waals surface area contributed by atoms with Crippen molar-refractivity contribution in [1.29, 1.82) is 0 Å². The highest BCUT2D eigenvalue weighted by Crippen LogP contribution is 2.29. The molecule has 0 spiro atoms. The molecule has 0 bridgehead atoms. The van der Waals surface area contributed by atoms with Gasteiger partial charge in [0.1, 0.15) is 0 Å². The summed E-state index contributed by atoms with van der Waals surface area (Å²) in [5.74, 6) is -0.265. The molecule has 0 saturated carbocycles. The molecule has 0 aliphatic carbocycles. The van der Waals surface area contributed by atoms with E-state index in [1.165, 1.54) is 0 Å². The van der Waals surface area contributed by atoms with Gasteiger partial charge in [-0.2, -0.15) is 15.0 Å². The Bertz CT molecular complexity index is 621. The van der Waals surface area contributed by atoms with Crippen LogP contribution in [0.1, 0.15) is 30.2 Å². The fraction of sp³-hybridized carbons (Fsp3) is 0.385. The first kappa shape index (κ1) is 13.6. The fourth-order valence-electron chi connectivity index (χ4n) is 2.47. The molecule has 1 fully saturated rings. The zero-order valence-electron chi connectivity index (χ0n) is 11.2. The Balaban J connectivity index is 1.80. The molecule has 3 rings (SSSR count). The summed E-state index contributed by atoms with van der Waals surface area (Å²) in [6.07, 6.45) is 1.67. The Labute approximate surface area is 120 Å². The average molecular weight is 292 g/mol. The summed E-state index contributed by atoms with van der Waals surface area (Å²) in [5.41, 5.74) is 6.60. The first-order chi connectivity index (χ1) is 10.1. The molecule has 0 radical (unpaired) electrons. The first-order valence-electron chi connectivity index (χ1n) is 6.58. The number of nitrogens with two attached hydrogens (primary N) is 1. The summed E-state index contributed by atoms with van der Waals surface area (Å²) in [6, 6.07) is 3.89. The zero-order chi connectivity index (χ0) is 14.8. The molecule has 0 amide bonds. The lowest BCUT2D eigenvalue weighted by atomic mass is 10.0. The lowest BCUT2D eigenvalue weighted by Crippen LogP contribution is -2.23. The highest BCUT2D eigenvalue weighted by molar-refractivity contribution is 5.38. The van der Waals surface area contributed by atoms with Crippen LogP contribution in [0.25, 0.3) is 0 Å². The van der Waals surface area contributed by atoms with Crippen LogP contribution in [0.3, 0.4) is 0 Å². The van der Waals surface area contributed by atoms with Crippen LogP contribution in [0, 0.1) is 0 Å². The topological polar surface area (TPSA) is 80.8 Å². The largest absolute Gasteiger partial charge is 0.368 e. The van der Waals surface area contributed by atoms with E-state index in [1.807, 2.05) is 23.2 Å². The Morgan fingerprint density at radius 3 is 2.86 bits per heavy atom. The van der Waals surface area contributed by atoms with Crippen molar-refractivity contribution in [3.8, 4) is 0 Å². The molecule has 1 aliphatic heterocycles. The number of nitrogen functional groups attached to an aromatic ring is 1. The van der Waals surface area contributed by atoms with Crippen molar-refractivity contribution < 1.29 is 8.78 Å². The van der Waals surface area contributed by atoms with Crippen LogP contribution in [0.2, 0.25) is 0 Å². The summed E-state index contributed by atoms with van der Waals surface area (Å²) < 4.78 is 25.4. The minimum absolute atomic E-state index is 0.180. The Kier molecular flexibility index (Phi) is 3.59. The number of anilines is 2. The maximum Gasteiger partial charge on any atom is 0.297 e. The molecule has 1 atom stereocenters. The zero-order valence-corrected chi connectivity index (χ0v) is 11.2.